The Morgan fingerprint density at radius 1 is 1.07 bits per heavy atom. The molecule has 4 N–H and O–H groups in total. The molecule has 1 saturated heterocycles. The summed E-state index contributed by atoms with van der Waals surface area (Å²) in [6.45, 7) is 2.32. The molecule has 80 valence electrons. The molecule has 1 aromatic carbocycles. The standard InChI is InChI=1S/C12H17N3/c1-15-5-7-2-8(6-15)10-4-12(14)11(13)3-9(7)10/h3-4,7-8H,2,5-6,13-14H2,1H3. The van der Waals surface area contributed by atoms with E-state index in [1.165, 1.54) is 17.5 Å². The number of nitrogens with zero attached hydrogens (tertiary/aromatic N) is 1. The number of likely N-dealkylation sites (N-methyl/N-ethyl adjacent to an activating group) is 1. The van der Waals surface area contributed by atoms with Crippen LogP contribution in [0, 0.1) is 0 Å². The van der Waals surface area contributed by atoms with E-state index in [1.54, 1.807) is 0 Å². The van der Waals surface area contributed by atoms with E-state index in [0.717, 1.165) is 24.5 Å². The van der Waals surface area contributed by atoms with Gasteiger partial charge in [-0.05, 0) is 48.6 Å². The Hall–Kier alpha value is -1.22. The van der Waals surface area contributed by atoms with Crippen LogP contribution in [0.25, 0.3) is 0 Å². The Bertz CT molecular complexity index is 377. The van der Waals surface area contributed by atoms with Crippen LogP contribution in [0.1, 0.15) is 29.4 Å². The summed E-state index contributed by atoms with van der Waals surface area (Å²) in [7, 11) is 2.19. The molecule has 15 heavy (non-hydrogen) atoms. The number of anilines is 2. The number of fused-ring (bicyclic) bond motifs is 5. The summed E-state index contributed by atoms with van der Waals surface area (Å²) in [6, 6.07) is 4.18. The molecule has 3 heteroatoms. The number of likely N-dealkylation sites (tertiary alicyclic amines) is 1. The Balaban J connectivity index is 2.12. The molecular formula is C12H17N3. The summed E-state index contributed by atoms with van der Waals surface area (Å²) >= 11 is 0. The van der Waals surface area contributed by atoms with Crippen molar-refractivity contribution in [2.24, 2.45) is 0 Å². The smallest absolute Gasteiger partial charge is 0.0550 e. The van der Waals surface area contributed by atoms with Gasteiger partial charge in [0.25, 0.3) is 0 Å². The molecule has 0 aromatic heterocycles. The van der Waals surface area contributed by atoms with Crippen LogP contribution in [0.15, 0.2) is 12.1 Å². The van der Waals surface area contributed by atoms with Gasteiger partial charge in [0.2, 0.25) is 0 Å². The summed E-state index contributed by atoms with van der Waals surface area (Å²) in [5.41, 5.74) is 16.1. The number of piperidine rings is 1. The van der Waals surface area contributed by atoms with Crippen LogP contribution in [0.3, 0.4) is 0 Å². The molecule has 2 bridgehead atoms. The Morgan fingerprint density at radius 3 is 2.00 bits per heavy atom. The predicted molar refractivity (Wildman–Crippen MR) is 62.9 cm³/mol. The fourth-order valence-electron chi connectivity index (χ4n) is 3.15. The number of nitrogens with two attached hydrogens (primary N) is 2. The van der Waals surface area contributed by atoms with Gasteiger partial charge in [-0.2, -0.15) is 0 Å². The van der Waals surface area contributed by atoms with Crippen LogP contribution in [-0.2, 0) is 0 Å². The first-order chi connectivity index (χ1) is 7.15. The van der Waals surface area contributed by atoms with Gasteiger partial charge in [-0.1, -0.05) is 0 Å². The van der Waals surface area contributed by atoms with Crippen LogP contribution in [0.5, 0.6) is 0 Å². The van der Waals surface area contributed by atoms with Gasteiger partial charge in [0.05, 0.1) is 11.4 Å². The maximum Gasteiger partial charge on any atom is 0.0550 e. The van der Waals surface area contributed by atoms with E-state index >= 15 is 0 Å². The molecule has 0 spiro atoms. The van der Waals surface area contributed by atoms with Crippen LogP contribution in [-0.4, -0.2) is 25.0 Å². The third-order valence-electron chi connectivity index (χ3n) is 3.80. The quantitative estimate of drug-likeness (QED) is 0.626. The minimum absolute atomic E-state index is 0.673. The van der Waals surface area contributed by atoms with Crippen molar-refractivity contribution in [3.8, 4) is 0 Å². The number of nitrogen functional groups attached to an aromatic ring is 2. The molecule has 0 amide bonds. The lowest BCUT2D eigenvalue weighted by Gasteiger charge is -2.28. The molecule has 0 saturated carbocycles. The summed E-state index contributed by atoms with van der Waals surface area (Å²) in [5.74, 6) is 1.35. The molecule has 2 unspecified atom stereocenters. The summed E-state index contributed by atoms with van der Waals surface area (Å²) in [6.07, 6.45) is 1.28. The average Bonchev–Trinajstić information content (AvgIpc) is 2.41. The first kappa shape index (κ1) is 9.04. The van der Waals surface area contributed by atoms with Crippen molar-refractivity contribution in [1.29, 1.82) is 0 Å². The second kappa shape index (κ2) is 2.89. The number of rotatable bonds is 0. The molecule has 3 nitrogen and oxygen atoms in total. The molecule has 3 rings (SSSR count). The normalized spacial score (nSPS) is 29.1. The first-order valence-corrected chi connectivity index (χ1v) is 5.52. The minimum atomic E-state index is 0.673. The monoisotopic (exact) mass is 203 g/mol. The van der Waals surface area contributed by atoms with Crippen LogP contribution < -0.4 is 11.5 Å². The van der Waals surface area contributed by atoms with Crippen molar-refractivity contribution in [3.05, 3.63) is 23.3 Å². The molecular weight excluding hydrogens is 186 g/mol. The fourth-order valence-corrected chi connectivity index (χ4v) is 3.15. The van der Waals surface area contributed by atoms with E-state index in [1.807, 2.05) is 0 Å². The Labute approximate surface area is 90.0 Å². The van der Waals surface area contributed by atoms with Crippen molar-refractivity contribution in [3.63, 3.8) is 0 Å². The second-order valence-corrected chi connectivity index (χ2v) is 4.96. The minimum Gasteiger partial charge on any atom is -0.397 e. The van der Waals surface area contributed by atoms with Gasteiger partial charge in [0.15, 0.2) is 0 Å². The lowest BCUT2D eigenvalue weighted by atomic mass is 9.96. The van der Waals surface area contributed by atoms with E-state index in [-0.39, 0.29) is 0 Å². The van der Waals surface area contributed by atoms with Crippen molar-refractivity contribution in [2.45, 2.75) is 18.3 Å². The molecule has 0 radical (unpaired) electrons. The van der Waals surface area contributed by atoms with Gasteiger partial charge >= 0.3 is 0 Å². The van der Waals surface area contributed by atoms with Gasteiger partial charge in [-0.3, -0.25) is 0 Å². The van der Waals surface area contributed by atoms with Gasteiger partial charge in [-0.25, -0.2) is 0 Å². The topological polar surface area (TPSA) is 55.3 Å². The molecule has 1 heterocycles. The van der Waals surface area contributed by atoms with E-state index in [4.69, 9.17) is 11.5 Å². The van der Waals surface area contributed by atoms with Gasteiger partial charge in [-0.15, -0.1) is 0 Å². The first-order valence-electron chi connectivity index (χ1n) is 5.52. The number of benzene rings is 1. The van der Waals surface area contributed by atoms with Crippen LogP contribution >= 0.6 is 0 Å². The molecule has 1 fully saturated rings. The van der Waals surface area contributed by atoms with E-state index < -0.39 is 0 Å². The highest BCUT2D eigenvalue weighted by atomic mass is 15.1. The highest BCUT2D eigenvalue weighted by Gasteiger charge is 2.36. The summed E-state index contributed by atoms with van der Waals surface area (Å²) in [5, 5.41) is 0. The maximum atomic E-state index is 5.87. The fraction of sp³-hybridized carbons (Fsp3) is 0.500. The number of hydrogen-bond acceptors (Lipinski definition) is 3. The summed E-state index contributed by atoms with van der Waals surface area (Å²) in [4.78, 5) is 2.41. The Morgan fingerprint density at radius 2 is 1.53 bits per heavy atom. The molecule has 2 aliphatic rings. The van der Waals surface area contributed by atoms with E-state index in [9.17, 15) is 0 Å². The van der Waals surface area contributed by atoms with Crippen molar-refractivity contribution in [1.82, 2.24) is 4.90 Å². The third-order valence-corrected chi connectivity index (χ3v) is 3.80. The van der Waals surface area contributed by atoms with Gasteiger partial charge in [0, 0.05) is 13.1 Å². The van der Waals surface area contributed by atoms with Crippen LogP contribution in [0.4, 0.5) is 11.4 Å². The lowest BCUT2D eigenvalue weighted by molar-refractivity contribution is 0.245. The Kier molecular flexibility index (Phi) is 1.74. The van der Waals surface area contributed by atoms with Crippen molar-refractivity contribution < 1.29 is 0 Å². The highest BCUT2D eigenvalue weighted by Crippen LogP contribution is 2.47. The zero-order chi connectivity index (χ0) is 10.6. The molecule has 1 aromatic rings. The average molecular weight is 203 g/mol. The second-order valence-electron chi connectivity index (χ2n) is 4.96. The van der Waals surface area contributed by atoms with E-state index in [0.29, 0.717) is 11.8 Å². The molecule has 1 aliphatic heterocycles. The van der Waals surface area contributed by atoms with Gasteiger partial charge < -0.3 is 16.4 Å². The predicted octanol–water partition coefficient (Wildman–Crippen LogP) is 1.37. The van der Waals surface area contributed by atoms with Gasteiger partial charge in [0.1, 0.15) is 0 Å². The largest absolute Gasteiger partial charge is 0.397 e. The SMILES string of the molecule is CN1CC2CC(C1)c1cc(N)c(N)cc12. The highest BCUT2D eigenvalue weighted by molar-refractivity contribution is 5.68. The zero-order valence-corrected chi connectivity index (χ0v) is 9.03. The maximum absolute atomic E-state index is 5.87. The number of hydrogen-bond donors (Lipinski definition) is 2. The van der Waals surface area contributed by atoms with Crippen molar-refractivity contribution in [2.75, 3.05) is 31.6 Å². The molecule has 2 atom stereocenters. The lowest BCUT2D eigenvalue weighted by Crippen LogP contribution is -2.31. The third kappa shape index (κ3) is 1.23. The summed E-state index contributed by atoms with van der Waals surface area (Å²) < 4.78 is 0. The zero-order valence-electron chi connectivity index (χ0n) is 9.03. The molecule has 1 aliphatic carbocycles. The van der Waals surface area contributed by atoms with Crippen LogP contribution in [0.2, 0.25) is 0 Å². The van der Waals surface area contributed by atoms with E-state index in [2.05, 4.69) is 24.1 Å². The van der Waals surface area contributed by atoms with Crippen molar-refractivity contribution >= 4 is 11.4 Å².